The molecule has 2 rings (SSSR count). The van der Waals surface area contributed by atoms with E-state index in [1.807, 2.05) is 32.0 Å². The SMILES string of the molecule is CC(C)(N)CCc1csc(-c2ccccc2Br)n1. The highest BCUT2D eigenvalue weighted by Gasteiger charge is 2.13. The van der Waals surface area contributed by atoms with Crippen LogP contribution in [0.5, 0.6) is 0 Å². The van der Waals surface area contributed by atoms with E-state index in [0.717, 1.165) is 33.6 Å². The molecule has 18 heavy (non-hydrogen) atoms. The van der Waals surface area contributed by atoms with Gasteiger partial charge >= 0.3 is 0 Å². The van der Waals surface area contributed by atoms with E-state index in [1.165, 1.54) is 0 Å². The monoisotopic (exact) mass is 324 g/mol. The first-order chi connectivity index (χ1) is 8.46. The molecule has 1 aromatic heterocycles. The Morgan fingerprint density at radius 2 is 2.06 bits per heavy atom. The third-order valence-electron chi connectivity index (χ3n) is 2.68. The molecule has 2 N–H and O–H groups in total. The number of rotatable bonds is 4. The minimum Gasteiger partial charge on any atom is -0.326 e. The Bertz CT molecular complexity index is 529. The molecule has 0 atom stereocenters. The van der Waals surface area contributed by atoms with Crippen molar-refractivity contribution >= 4 is 27.3 Å². The van der Waals surface area contributed by atoms with Gasteiger partial charge in [0.05, 0.1) is 5.69 Å². The molecule has 0 amide bonds. The smallest absolute Gasteiger partial charge is 0.124 e. The first-order valence-corrected chi connectivity index (χ1v) is 7.61. The Morgan fingerprint density at radius 3 is 2.72 bits per heavy atom. The standard InChI is InChI=1S/C14H17BrN2S/c1-14(2,16)8-7-10-9-18-13(17-10)11-5-3-4-6-12(11)15/h3-6,9H,7-8,16H2,1-2H3. The van der Waals surface area contributed by atoms with Crippen molar-refractivity contribution in [3.05, 3.63) is 39.8 Å². The van der Waals surface area contributed by atoms with Gasteiger partial charge in [-0.1, -0.05) is 34.1 Å². The van der Waals surface area contributed by atoms with Crippen LogP contribution in [-0.4, -0.2) is 10.5 Å². The minimum absolute atomic E-state index is 0.128. The summed E-state index contributed by atoms with van der Waals surface area (Å²) < 4.78 is 1.09. The molecule has 0 aliphatic heterocycles. The van der Waals surface area contributed by atoms with Crippen molar-refractivity contribution < 1.29 is 0 Å². The quantitative estimate of drug-likeness (QED) is 0.913. The second-order valence-corrected chi connectivity index (χ2v) is 6.82. The third-order valence-corrected chi connectivity index (χ3v) is 4.30. The highest BCUT2D eigenvalue weighted by molar-refractivity contribution is 9.10. The molecule has 0 fully saturated rings. The fourth-order valence-electron chi connectivity index (χ4n) is 1.63. The number of hydrogen-bond acceptors (Lipinski definition) is 3. The zero-order valence-corrected chi connectivity index (χ0v) is 13.0. The molecule has 2 aromatic rings. The summed E-state index contributed by atoms with van der Waals surface area (Å²) in [6.45, 7) is 4.10. The lowest BCUT2D eigenvalue weighted by atomic mass is 9.99. The van der Waals surface area contributed by atoms with Crippen LogP contribution in [0.4, 0.5) is 0 Å². The van der Waals surface area contributed by atoms with Gasteiger partial charge in [-0.25, -0.2) is 4.98 Å². The van der Waals surface area contributed by atoms with E-state index < -0.39 is 0 Å². The number of thiazole rings is 1. The first-order valence-electron chi connectivity index (χ1n) is 5.94. The molecule has 96 valence electrons. The molecule has 0 unspecified atom stereocenters. The van der Waals surface area contributed by atoms with Crippen LogP contribution < -0.4 is 5.73 Å². The van der Waals surface area contributed by atoms with Crippen LogP contribution in [-0.2, 0) is 6.42 Å². The lowest BCUT2D eigenvalue weighted by Crippen LogP contribution is -2.32. The molecule has 1 aromatic carbocycles. The Balaban J connectivity index is 2.14. The number of aryl methyl sites for hydroxylation is 1. The number of nitrogens with two attached hydrogens (primary N) is 1. The van der Waals surface area contributed by atoms with Gasteiger partial charge in [0.2, 0.25) is 0 Å². The van der Waals surface area contributed by atoms with Crippen molar-refractivity contribution in [2.75, 3.05) is 0 Å². The summed E-state index contributed by atoms with van der Waals surface area (Å²) in [5, 5.41) is 3.19. The van der Waals surface area contributed by atoms with E-state index in [9.17, 15) is 0 Å². The molecule has 0 spiro atoms. The maximum atomic E-state index is 5.99. The average Bonchev–Trinajstić information content (AvgIpc) is 2.75. The van der Waals surface area contributed by atoms with Crippen LogP contribution >= 0.6 is 27.3 Å². The largest absolute Gasteiger partial charge is 0.326 e. The van der Waals surface area contributed by atoms with Gasteiger partial charge in [0.15, 0.2) is 0 Å². The third kappa shape index (κ3) is 3.64. The van der Waals surface area contributed by atoms with Gasteiger partial charge < -0.3 is 5.73 Å². The van der Waals surface area contributed by atoms with Gasteiger partial charge in [-0.05, 0) is 32.8 Å². The van der Waals surface area contributed by atoms with Crippen molar-refractivity contribution in [3.63, 3.8) is 0 Å². The molecule has 2 nitrogen and oxygen atoms in total. The number of hydrogen-bond donors (Lipinski definition) is 1. The maximum absolute atomic E-state index is 5.99. The van der Waals surface area contributed by atoms with E-state index in [-0.39, 0.29) is 5.54 Å². The topological polar surface area (TPSA) is 38.9 Å². The molecular formula is C14H17BrN2S. The first kappa shape index (κ1) is 13.7. The van der Waals surface area contributed by atoms with Crippen LogP contribution in [0.3, 0.4) is 0 Å². The fraction of sp³-hybridized carbons (Fsp3) is 0.357. The van der Waals surface area contributed by atoms with Crippen LogP contribution in [0.15, 0.2) is 34.1 Å². The van der Waals surface area contributed by atoms with E-state index in [0.29, 0.717) is 0 Å². The molecule has 0 bridgehead atoms. The summed E-state index contributed by atoms with van der Waals surface area (Å²) in [7, 11) is 0. The van der Waals surface area contributed by atoms with Gasteiger partial charge in [0.1, 0.15) is 5.01 Å². The summed E-state index contributed by atoms with van der Waals surface area (Å²) in [6, 6.07) is 8.17. The molecule has 0 radical (unpaired) electrons. The van der Waals surface area contributed by atoms with Gasteiger partial charge in [-0.2, -0.15) is 0 Å². The second kappa shape index (κ2) is 5.51. The summed E-state index contributed by atoms with van der Waals surface area (Å²) in [5.74, 6) is 0. The number of nitrogens with zero attached hydrogens (tertiary/aromatic N) is 1. The molecule has 0 saturated carbocycles. The molecular weight excluding hydrogens is 308 g/mol. The lowest BCUT2D eigenvalue weighted by Gasteiger charge is -2.16. The minimum atomic E-state index is -0.128. The molecule has 0 aliphatic rings. The van der Waals surface area contributed by atoms with Crippen LogP contribution in [0.25, 0.3) is 10.6 Å². The number of benzene rings is 1. The average molecular weight is 325 g/mol. The van der Waals surface area contributed by atoms with Crippen molar-refractivity contribution in [1.29, 1.82) is 0 Å². The van der Waals surface area contributed by atoms with Crippen molar-refractivity contribution in [1.82, 2.24) is 4.98 Å². The van der Waals surface area contributed by atoms with Gasteiger partial charge in [-0.3, -0.25) is 0 Å². The maximum Gasteiger partial charge on any atom is 0.124 e. The Hall–Kier alpha value is -0.710. The van der Waals surface area contributed by atoms with Crippen molar-refractivity contribution in [2.24, 2.45) is 5.73 Å². The van der Waals surface area contributed by atoms with Crippen molar-refractivity contribution in [2.45, 2.75) is 32.2 Å². The second-order valence-electron chi connectivity index (χ2n) is 5.11. The van der Waals surface area contributed by atoms with Crippen LogP contribution in [0, 0.1) is 0 Å². The van der Waals surface area contributed by atoms with Crippen molar-refractivity contribution in [3.8, 4) is 10.6 Å². The molecule has 4 heteroatoms. The van der Waals surface area contributed by atoms with E-state index in [2.05, 4.69) is 32.4 Å². The molecule has 0 saturated heterocycles. The number of halogens is 1. The highest BCUT2D eigenvalue weighted by Crippen LogP contribution is 2.30. The summed E-state index contributed by atoms with van der Waals surface area (Å²) in [4.78, 5) is 4.68. The van der Waals surface area contributed by atoms with Gasteiger partial charge in [-0.15, -0.1) is 11.3 Å². The normalized spacial score (nSPS) is 11.8. The zero-order valence-electron chi connectivity index (χ0n) is 10.6. The van der Waals surface area contributed by atoms with Crippen LogP contribution in [0.2, 0.25) is 0 Å². The van der Waals surface area contributed by atoms with E-state index in [1.54, 1.807) is 11.3 Å². The Labute approximate surface area is 120 Å². The lowest BCUT2D eigenvalue weighted by molar-refractivity contribution is 0.475. The van der Waals surface area contributed by atoms with E-state index >= 15 is 0 Å². The summed E-state index contributed by atoms with van der Waals surface area (Å²) >= 11 is 5.25. The van der Waals surface area contributed by atoms with Crippen LogP contribution in [0.1, 0.15) is 26.0 Å². The predicted molar refractivity (Wildman–Crippen MR) is 81.8 cm³/mol. The highest BCUT2D eigenvalue weighted by atomic mass is 79.9. The summed E-state index contributed by atoms with van der Waals surface area (Å²) in [5.41, 5.74) is 8.15. The Kier molecular flexibility index (Phi) is 4.20. The molecule has 1 heterocycles. The fourth-order valence-corrected chi connectivity index (χ4v) is 3.13. The number of aromatic nitrogens is 1. The van der Waals surface area contributed by atoms with E-state index in [4.69, 9.17) is 5.73 Å². The molecule has 0 aliphatic carbocycles. The summed E-state index contributed by atoms with van der Waals surface area (Å²) in [6.07, 6.45) is 1.89. The zero-order chi connectivity index (χ0) is 13.2. The van der Waals surface area contributed by atoms with Gasteiger partial charge in [0, 0.05) is 21.0 Å². The van der Waals surface area contributed by atoms with Gasteiger partial charge in [0.25, 0.3) is 0 Å². The Morgan fingerprint density at radius 1 is 1.33 bits per heavy atom. The predicted octanol–water partition coefficient (Wildman–Crippen LogP) is 4.24.